The number of amides is 1. The molecule has 0 atom stereocenters. The second kappa shape index (κ2) is 8.26. The lowest BCUT2D eigenvalue weighted by Crippen LogP contribution is -2.34. The Morgan fingerprint density at radius 1 is 1.21 bits per heavy atom. The molecule has 2 N–H and O–H groups in total. The van der Waals surface area contributed by atoms with E-state index < -0.39 is 0 Å². The van der Waals surface area contributed by atoms with Crippen LogP contribution in [0.15, 0.2) is 60.7 Å². The van der Waals surface area contributed by atoms with Gasteiger partial charge in [-0.1, -0.05) is 30.3 Å². The number of carbonyl (C=O) groups excluding carboxylic acids is 1. The molecular weight excluding hydrogens is 320 g/mol. The van der Waals surface area contributed by atoms with E-state index in [0.29, 0.717) is 17.9 Å². The molecule has 0 bridgehead atoms. The second-order valence-corrected chi connectivity index (χ2v) is 5.96. The molecule has 0 aliphatic rings. The monoisotopic (exact) mass is 340 g/mol. The van der Waals surface area contributed by atoms with Crippen molar-refractivity contribution < 1.29 is 9.53 Å². The van der Waals surface area contributed by atoms with Crippen LogP contribution in [-0.4, -0.2) is 17.6 Å². The zero-order valence-corrected chi connectivity index (χ0v) is 14.6. The standard InChI is InChI=1S/C19H20N2O2S/c1-13(2)12-23-17-6-4-5-16(11-17)20-19(24)21-18(22)15-9-7-14(3)8-10-15/h4-11H,1,12H2,2-3H3,(H2,20,21,22,24). The molecule has 0 aliphatic heterocycles. The Morgan fingerprint density at radius 2 is 1.92 bits per heavy atom. The van der Waals surface area contributed by atoms with Crippen molar-refractivity contribution in [2.75, 3.05) is 11.9 Å². The van der Waals surface area contributed by atoms with Crippen LogP contribution in [0.4, 0.5) is 5.69 Å². The van der Waals surface area contributed by atoms with Crippen molar-refractivity contribution in [1.29, 1.82) is 0 Å². The molecule has 0 aromatic heterocycles. The number of rotatable bonds is 5. The first-order chi connectivity index (χ1) is 11.4. The summed E-state index contributed by atoms with van der Waals surface area (Å²) in [5.41, 5.74) is 3.33. The van der Waals surface area contributed by atoms with E-state index >= 15 is 0 Å². The lowest BCUT2D eigenvalue weighted by Gasteiger charge is -2.11. The molecule has 4 nitrogen and oxygen atoms in total. The van der Waals surface area contributed by atoms with Gasteiger partial charge in [-0.3, -0.25) is 10.1 Å². The molecule has 0 fully saturated rings. The van der Waals surface area contributed by atoms with Crippen molar-refractivity contribution in [1.82, 2.24) is 5.32 Å². The van der Waals surface area contributed by atoms with Crippen LogP contribution in [0.1, 0.15) is 22.8 Å². The first kappa shape index (κ1) is 17.7. The summed E-state index contributed by atoms with van der Waals surface area (Å²) in [7, 11) is 0. The maximum absolute atomic E-state index is 12.1. The third kappa shape index (κ3) is 5.52. The van der Waals surface area contributed by atoms with Crippen LogP contribution in [0.5, 0.6) is 5.75 Å². The summed E-state index contributed by atoms with van der Waals surface area (Å²) < 4.78 is 5.58. The largest absolute Gasteiger partial charge is 0.489 e. The number of carbonyl (C=O) groups is 1. The van der Waals surface area contributed by atoms with E-state index in [2.05, 4.69) is 17.2 Å². The maximum atomic E-state index is 12.1. The van der Waals surface area contributed by atoms with Gasteiger partial charge in [-0.2, -0.15) is 0 Å². The molecule has 0 radical (unpaired) electrons. The topological polar surface area (TPSA) is 50.4 Å². The van der Waals surface area contributed by atoms with Gasteiger partial charge in [0.2, 0.25) is 0 Å². The predicted octanol–water partition coefficient (Wildman–Crippen LogP) is 4.08. The predicted molar refractivity (Wildman–Crippen MR) is 102 cm³/mol. The molecule has 2 aromatic carbocycles. The van der Waals surface area contributed by atoms with Crippen molar-refractivity contribution in [3.63, 3.8) is 0 Å². The van der Waals surface area contributed by atoms with Gasteiger partial charge in [-0.05, 0) is 55.9 Å². The number of ether oxygens (including phenoxy) is 1. The highest BCUT2D eigenvalue weighted by atomic mass is 32.1. The molecular formula is C19H20N2O2S. The van der Waals surface area contributed by atoms with E-state index in [1.807, 2.05) is 50.2 Å². The van der Waals surface area contributed by atoms with Gasteiger partial charge < -0.3 is 10.1 Å². The molecule has 0 aliphatic carbocycles. The summed E-state index contributed by atoms with van der Waals surface area (Å²) in [5, 5.41) is 5.87. The number of thiocarbonyl (C=S) groups is 1. The Morgan fingerprint density at radius 3 is 2.58 bits per heavy atom. The molecule has 0 spiro atoms. The molecule has 0 unspecified atom stereocenters. The third-order valence-corrected chi connectivity index (χ3v) is 3.32. The van der Waals surface area contributed by atoms with E-state index in [4.69, 9.17) is 17.0 Å². The molecule has 0 saturated heterocycles. The van der Waals surface area contributed by atoms with E-state index in [1.165, 1.54) is 0 Å². The lowest BCUT2D eigenvalue weighted by molar-refractivity contribution is 0.0977. The number of hydrogen-bond acceptors (Lipinski definition) is 3. The molecule has 5 heteroatoms. The van der Waals surface area contributed by atoms with E-state index in [-0.39, 0.29) is 11.0 Å². The quantitative estimate of drug-likeness (QED) is 0.636. The Bertz CT molecular complexity index is 754. The van der Waals surface area contributed by atoms with Crippen LogP contribution >= 0.6 is 12.2 Å². The number of benzene rings is 2. The first-order valence-corrected chi connectivity index (χ1v) is 7.91. The van der Waals surface area contributed by atoms with Gasteiger partial charge >= 0.3 is 0 Å². The van der Waals surface area contributed by atoms with Gasteiger partial charge in [0, 0.05) is 17.3 Å². The average molecular weight is 340 g/mol. The summed E-state index contributed by atoms with van der Waals surface area (Å²) in [6.45, 7) is 8.13. The Kier molecular flexibility index (Phi) is 6.09. The van der Waals surface area contributed by atoms with Gasteiger partial charge in [-0.15, -0.1) is 0 Å². The summed E-state index contributed by atoms with van der Waals surface area (Å²) >= 11 is 5.19. The normalized spacial score (nSPS) is 9.92. The van der Waals surface area contributed by atoms with Crippen LogP contribution in [0, 0.1) is 6.92 Å². The number of aryl methyl sites for hydroxylation is 1. The zero-order chi connectivity index (χ0) is 17.5. The highest BCUT2D eigenvalue weighted by Gasteiger charge is 2.08. The molecule has 2 rings (SSSR count). The number of hydrogen-bond donors (Lipinski definition) is 2. The van der Waals surface area contributed by atoms with Crippen LogP contribution in [0.2, 0.25) is 0 Å². The van der Waals surface area contributed by atoms with Crippen LogP contribution in [0.3, 0.4) is 0 Å². The van der Waals surface area contributed by atoms with Gasteiger partial charge in [-0.25, -0.2) is 0 Å². The van der Waals surface area contributed by atoms with Gasteiger partial charge in [0.25, 0.3) is 5.91 Å². The molecule has 24 heavy (non-hydrogen) atoms. The Balaban J connectivity index is 1.94. The second-order valence-electron chi connectivity index (χ2n) is 5.55. The third-order valence-electron chi connectivity index (χ3n) is 3.12. The lowest BCUT2D eigenvalue weighted by atomic mass is 10.1. The fourth-order valence-corrected chi connectivity index (χ4v) is 2.12. The van der Waals surface area contributed by atoms with Gasteiger partial charge in [0.1, 0.15) is 12.4 Å². The summed E-state index contributed by atoms with van der Waals surface area (Å²) in [6.07, 6.45) is 0. The van der Waals surface area contributed by atoms with Crippen molar-refractivity contribution in [3.05, 3.63) is 71.8 Å². The first-order valence-electron chi connectivity index (χ1n) is 7.50. The zero-order valence-electron chi connectivity index (χ0n) is 13.8. The van der Waals surface area contributed by atoms with Gasteiger partial charge in [0.05, 0.1) is 0 Å². The molecule has 0 heterocycles. The fourth-order valence-electron chi connectivity index (χ4n) is 1.91. The minimum Gasteiger partial charge on any atom is -0.489 e. The summed E-state index contributed by atoms with van der Waals surface area (Å²) in [4.78, 5) is 12.1. The Labute approximate surface area is 147 Å². The fraction of sp³-hybridized carbons (Fsp3) is 0.158. The number of anilines is 1. The minimum absolute atomic E-state index is 0.234. The van der Waals surface area contributed by atoms with E-state index in [0.717, 1.165) is 16.8 Å². The van der Waals surface area contributed by atoms with Crippen molar-refractivity contribution in [2.24, 2.45) is 0 Å². The minimum atomic E-state index is -0.248. The molecule has 1 amide bonds. The van der Waals surface area contributed by atoms with E-state index in [1.54, 1.807) is 12.1 Å². The van der Waals surface area contributed by atoms with Crippen molar-refractivity contribution in [2.45, 2.75) is 13.8 Å². The molecule has 0 saturated carbocycles. The Hall–Kier alpha value is -2.66. The smallest absolute Gasteiger partial charge is 0.257 e. The SMILES string of the molecule is C=C(C)COc1cccc(NC(=S)NC(=O)c2ccc(C)cc2)c1. The summed E-state index contributed by atoms with van der Waals surface area (Å²) in [5.74, 6) is 0.456. The summed E-state index contributed by atoms with van der Waals surface area (Å²) in [6, 6.07) is 14.6. The van der Waals surface area contributed by atoms with Crippen molar-refractivity contribution in [3.8, 4) is 5.75 Å². The van der Waals surface area contributed by atoms with Gasteiger partial charge in [0.15, 0.2) is 5.11 Å². The van der Waals surface area contributed by atoms with Crippen molar-refractivity contribution >= 4 is 28.9 Å². The average Bonchev–Trinajstić information content (AvgIpc) is 2.53. The highest BCUT2D eigenvalue weighted by Crippen LogP contribution is 2.17. The molecule has 2 aromatic rings. The van der Waals surface area contributed by atoms with Crippen LogP contribution in [0.25, 0.3) is 0 Å². The van der Waals surface area contributed by atoms with Crippen LogP contribution in [-0.2, 0) is 0 Å². The van der Waals surface area contributed by atoms with E-state index in [9.17, 15) is 4.79 Å². The van der Waals surface area contributed by atoms with Crippen LogP contribution < -0.4 is 15.4 Å². The number of nitrogens with one attached hydrogen (secondary N) is 2. The molecule has 124 valence electrons. The highest BCUT2D eigenvalue weighted by molar-refractivity contribution is 7.80. The maximum Gasteiger partial charge on any atom is 0.257 e.